The van der Waals surface area contributed by atoms with E-state index in [2.05, 4.69) is 16.0 Å². The zero-order valence-corrected chi connectivity index (χ0v) is 30.3. The molecule has 3 aliphatic heterocycles. The number of amides is 4. The fourth-order valence-corrected chi connectivity index (χ4v) is 6.98. The van der Waals surface area contributed by atoms with Crippen LogP contribution in [0.4, 0.5) is 0 Å². The van der Waals surface area contributed by atoms with Gasteiger partial charge in [-0.1, -0.05) is 74.5 Å². The van der Waals surface area contributed by atoms with Crippen molar-refractivity contribution in [3.63, 3.8) is 0 Å². The maximum absolute atomic E-state index is 14.2. The Bertz CT molecular complexity index is 1510. The summed E-state index contributed by atoms with van der Waals surface area (Å²) in [5, 5.41) is 8.83. The molecular weight excluding hydrogens is 650 g/mol. The van der Waals surface area contributed by atoms with Gasteiger partial charge in [-0.2, -0.15) is 0 Å². The summed E-state index contributed by atoms with van der Waals surface area (Å²) in [6.07, 6.45) is 1.86. The number of hydrogen-bond acceptors (Lipinski definition) is 8. The van der Waals surface area contributed by atoms with Gasteiger partial charge in [-0.3, -0.25) is 28.9 Å². The van der Waals surface area contributed by atoms with Crippen LogP contribution in [0.2, 0.25) is 0 Å². The number of morpholine rings is 1. The van der Waals surface area contributed by atoms with Crippen molar-refractivity contribution in [3.8, 4) is 0 Å². The number of ketones is 1. The average molecular weight is 704 g/mol. The highest BCUT2D eigenvalue weighted by molar-refractivity contribution is 5.99. The fourth-order valence-electron chi connectivity index (χ4n) is 6.98. The van der Waals surface area contributed by atoms with E-state index in [1.54, 1.807) is 11.8 Å². The second-order valence-electron chi connectivity index (χ2n) is 14.7. The maximum atomic E-state index is 14.2. The molecule has 4 amide bonds. The number of hydrogen-bond donors (Lipinski definition) is 3. The van der Waals surface area contributed by atoms with Gasteiger partial charge in [0.05, 0.1) is 32.4 Å². The predicted octanol–water partition coefficient (Wildman–Crippen LogP) is 2.04. The minimum atomic E-state index is -0.922. The summed E-state index contributed by atoms with van der Waals surface area (Å²) in [7, 11) is 0. The first kappa shape index (κ1) is 38.1. The zero-order valence-electron chi connectivity index (χ0n) is 30.3. The summed E-state index contributed by atoms with van der Waals surface area (Å²) in [5.41, 5.74) is 0.974. The number of carbonyl (C=O) groups excluding carboxylic acids is 5. The third-order valence-electron chi connectivity index (χ3n) is 9.96. The van der Waals surface area contributed by atoms with Gasteiger partial charge in [0.2, 0.25) is 23.6 Å². The molecule has 1 unspecified atom stereocenters. The lowest BCUT2D eigenvalue weighted by Gasteiger charge is -2.33. The molecule has 3 heterocycles. The number of Topliss-reactive ketones (excluding diaryl/α,β-unsaturated/α-hetero) is 1. The molecule has 51 heavy (non-hydrogen) atoms. The van der Waals surface area contributed by atoms with Crippen LogP contribution in [0.15, 0.2) is 60.7 Å². The Kier molecular flexibility index (Phi) is 13.0. The van der Waals surface area contributed by atoms with Crippen molar-refractivity contribution in [1.82, 2.24) is 25.8 Å². The first-order valence-electron chi connectivity index (χ1n) is 18.2. The number of nitrogens with zero attached hydrogens (tertiary/aromatic N) is 2. The topological polar surface area (TPSA) is 150 Å². The molecule has 0 aliphatic carbocycles. The molecule has 3 saturated heterocycles. The van der Waals surface area contributed by atoms with Crippen molar-refractivity contribution >= 4 is 29.4 Å². The smallest absolute Gasteiger partial charge is 0.246 e. The molecule has 0 radical (unpaired) electrons. The Morgan fingerprint density at radius 3 is 2.14 bits per heavy atom. The van der Waals surface area contributed by atoms with Gasteiger partial charge < -0.3 is 30.3 Å². The first-order valence-corrected chi connectivity index (χ1v) is 18.2. The zero-order chi connectivity index (χ0) is 36.5. The van der Waals surface area contributed by atoms with Gasteiger partial charge in [0, 0.05) is 25.6 Å². The van der Waals surface area contributed by atoms with Crippen LogP contribution in [0.25, 0.3) is 0 Å². The van der Waals surface area contributed by atoms with Crippen LogP contribution in [-0.4, -0.2) is 114 Å². The van der Waals surface area contributed by atoms with Gasteiger partial charge >= 0.3 is 0 Å². The Hall–Kier alpha value is -4.13. The number of rotatable bonds is 17. The Morgan fingerprint density at radius 2 is 1.53 bits per heavy atom. The van der Waals surface area contributed by atoms with Gasteiger partial charge in [-0.25, -0.2) is 0 Å². The van der Waals surface area contributed by atoms with Crippen molar-refractivity contribution in [3.05, 3.63) is 71.8 Å². The van der Waals surface area contributed by atoms with Gasteiger partial charge in [-0.15, -0.1) is 0 Å². The highest BCUT2D eigenvalue weighted by Crippen LogP contribution is 2.30. The van der Waals surface area contributed by atoms with Crippen molar-refractivity contribution in [2.75, 3.05) is 39.5 Å². The standard InChI is InChI=1S/C39H53N5O7/c1-26(2)21-31(35(46)39(4)25-51-39)41-37(48)33(23-29-13-9-6-10-14-29)44-27(3)22-32(38(44)49)42-36(47)30(16-15-28-11-7-5-8-12-28)40-34(45)24-43-17-19-50-20-18-43/h5-14,26-27,30-33H,15-25H2,1-4H3,(H,40,45)(H,41,48)(H,42,47)/t27?,30-,31+,32-,33+,39+/m1/s1. The minimum Gasteiger partial charge on any atom is -0.379 e. The van der Waals surface area contributed by atoms with E-state index < -0.39 is 41.6 Å². The summed E-state index contributed by atoms with van der Waals surface area (Å²) in [4.78, 5) is 72.3. The van der Waals surface area contributed by atoms with Crippen LogP contribution < -0.4 is 16.0 Å². The highest BCUT2D eigenvalue weighted by Gasteiger charge is 2.51. The molecular formula is C39H53N5O7. The minimum absolute atomic E-state index is 0.130. The second kappa shape index (κ2) is 17.4. The summed E-state index contributed by atoms with van der Waals surface area (Å²) in [6.45, 7) is 10.4. The molecule has 2 aromatic carbocycles. The van der Waals surface area contributed by atoms with Crippen molar-refractivity contribution in [1.29, 1.82) is 0 Å². The summed E-state index contributed by atoms with van der Waals surface area (Å²) < 4.78 is 10.8. The van der Waals surface area contributed by atoms with Crippen molar-refractivity contribution < 1.29 is 33.4 Å². The molecule has 3 aliphatic rings. The van der Waals surface area contributed by atoms with Crippen LogP contribution in [0, 0.1) is 5.92 Å². The number of carbonyl (C=O) groups is 5. The van der Waals surface area contributed by atoms with E-state index >= 15 is 0 Å². The third kappa shape index (κ3) is 10.5. The van der Waals surface area contributed by atoms with Crippen LogP contribution in [0.1, 0.15) is 58.1 Å². The molecule has 276 valence electrons. The van der Waals surface area contributed by atoms with Crippen LogP contribution in [0.5, 0.6) is 0 Å². The molecule has 12 nitrogen and oxygen atoms in total. The number of nitrogens with one attached hydrogen (secondary N) is 3. The predicted molar refractivity (Wildman–Crippen MR) is 191 cm³/mol. The lowest BCUT2D eigenvalue weighted by Crippen LogP contribution is -2.57. The molecule has 0 aromatic heterocycles. The molecule has 2 aromatic rings. The number of benzene rings is 2. The molecule has 0 saturated carbocycles. The Labute approximate surface area is 301 Å². The van der Waals surface area contributed by atoms with Crippen LogP contribution in [-0.2, 0) is 46.3 Å². The van der Waals surface area contributed by atoms with Gasteiger partial charge in [-0.05, 0) is 56.6 Å². The largest absolute Gasteiger partial charge is 0.379 e. The SMILES string of the molecule is CC(C)C[C@H](NC(=O)[C@H](Cc1ccccc1)N1C(=O)[C@H](NC(=O)[C@@H](CCc2ccccc2)NC(=O)CN2CCOCC2)CC1C)C(=O)[C@]1(C)CO1. The first-order chi connectivity index (χ1) is 24.4. The van der Waals surface area contributed by atoms with Crippen molar-refractivity contribution in [2.45, 2.75) is 95.6 Å². The number of epoxide rings is 1. The molecule has 3 N–H and O–H groups in total. The van der Waals surface area contributed by atoms with E-state index in [9.17, 15) is 24.0 Å². The quantitative estimate of drug-likeness (QED) is 0.212. The number of likely N-dealkylation sites (tertiary alicyclic amines) is 1. The highest BCUT2D eigenvalue weighted by atomic mass is 16.6. The summed E-state index contributed by atoms with van der Waals surface area (Å²) in [6, 6.07) is 15.3. The number of aryl methyl sites for hydroxylation is 1. The van der Waals surface area contributed by atoms with Gasteiger partial charge in [0.1, 0.15) is 23.7 Å². The molecule has 3 fully saturated rings. The monoisotopic (exact) mass is 703 g/mol. The maximum Gasteiger partial charge on any atom is 0.246 e. The summed E-state index contributed by atoms with van der Waals surface area (Å²) >= 11 is 0. The van der Waals surface area contributed by atoms with Gasteiger partial charge in [0.25, 0.3) is 0 Å². The number of ether oxygens (including phenoxy) is 2. The molecule has 6 atom stereocenters. The second-order valence-corrected chi connectivity index (χ2v) is 14.7. The van der Waals surface area contributed by atoms with Crippen molar-refractivity contribution in [2.24, 2.45) is 5.92 Å². The molecule has 5 rings (SSSR count). The van der Waals surface area contributed by atoms with E-state index in [-0.39, 0.29) is 48.9 Å². The Balaban J connectivity index is 1.31. The molecule has 12 heteroatoms. The average Bonchev–Trinajstić information content (AvgIpc) is 3.81. The lowest BCUT2D eigenvalue weighted by molar-refractivity contribution is -0.142. The Morgan fingerprint density at radius 1 is 0.902 bits per heavy atom. The summed E-state index contributed by atoms with van der Waals surface area (Å²) in [5.74, 6) is -1.56. The van der Waals surface area contributed by atoms with E-state index in [1.807, 2.05) is 86.3 Å². The normalized spacial score (nSPS) is 23.7. The lowest BCUT2D eigenvalue weighted by atomic mass is 9.92. The van der Waals surface area contributed by atoms with E-state index in [4.69, 9.17) is 9.47 Å². The van der Waals surface area contributed by atoms with E-state index in [0.29, 0.717) is 52.2 Å². The van der Waals surface area contributed by atoms with E-state index in [1.165, 1.54) is 0 Å². The fraction of sp³-hybridized carbons (Fsp3) is 0.564. The van der Waals surface area contributed by atoms with Gasteiger partial charge in [0.15, 0.2) is 5.78 Å². The molecule has 0 spiro atoms. The molecule has 0 bridgehead atoms. The third-order valence-corrected chi connectivity index (χ3v) is 9.96. The van der Waals surface area contributed by atoms with Crippen LogP contribution in [0.3, 0.4) is 0 Å². The van der Waals surface area contributed by atoms with E-state index in [0.717, 1.165) is 11.1 Å². The van der Waals surface area contributed by atoms with Crippen LogP contribution >= 0.6 is 0 Å².